The minimum atomic E-state index is -0.628. The molecular formula is C22H44O2. The molecular weight excluding hydrogens is 296 g/mol. The number of carboxylic acids is 1. The summed E-state index contributed by atoms with van der Waals surface area (Å²) in [5, 5.41) is 9.31. The molecule has 1 N–H and O–H groups in total. The first kappa shape index (κ1) is 23.5. The van der Waals surface area contributed by atoms with Gasteiger partial charge in [-0.3, -0.25) is 4.79 Å². The SMILES string of the molecule is CCCCCCCCCCCCCCCCC(C(=O)O)C(C)(C)C. The van der Waals surface area contributed by atoms with E-state index in [0.717, 1.165) is 12.8 Å². The van der Waals surface area contributed by atoms with Crippen molar-refractivity contribution in [3.63, 3.8) is 0 Å². The van der Waals surface area contributed by atoms with Crippen LogP contribution < -0.4 is 0 Å². The van der Waals surface area contributed by atoms with Crippen LogP contribution >= 0.6 is 0 Å². The third-order valence-corrected chi connectivity index (χ3v) is 5.19. The first-order chi connectivity index (χ1) is 11.4. The Morgan fingerprint density at radius 2 is 1.04 bits per heavy atom. The molecule has 2 nitrogen and oxygen atoms in total. The number of aliphatic carboxylic acids is 1. The lowest BCUT2D eigenvalue weighted by Crippen LogP contribution is -2.28. The molecule has 0 heterocycles. The molecule has 0 amide bonds. The molecule has 0 aliphatic rings. The van der Waals surface area contributed by atoms with Crippen molar-refractivity contribution in [1.29, 1.82) is 0 Å². The summed E-state index contributed by atoms with van der Waals surface area (Å²) >= 11 is 0. The number of carboxylic acid groups (broad SMARTS) is 1. The van der Waals surface area contributed by atoms with E-state index in [1.165, 1.54) is 83.5 Å². The molecule has 0 aromatic carbocycles. The van der Waals surface area contributed by atoms with Crippen molar-refractivity contribution in [3.8, 4) is 0 Å². The standard InChI is InChI=1S/C22H44O2/c1-5-6-7-8-9-10-11-12-13-14-15-16-17-18-19-20(21(23)24)22(2,3)4/h20H,5-19H2,1-4H3,(H,23,24). The van der Waals surface area contributed by atoms with Gasteiger partial charge in [0.25, 0.3) is 0 Å². The van der Waals surface area contributed by atoms with Crippen molar-refractivity contribution in [2.45, 2.75) is 124 Å². The maximum Gasteiger partial charge on any atom is 0.307 e. The van der Waals surface area contributed by atoms with Gasteiger partial charge in [-0.05, 0) is 11.8 Å². The summed E-state index contributed by atoms with van der Waals surface area (Å²) in [5.74, 6) is -0.827. The summed E-state index contributed by atoms with van der Waals surface area (Å²) in [6, 6.07) is 0. The first-order valence-corrected chi connectivity index (χ1v) is 10.6. The third kappa shape index (κ3) is 13.9. The number of unbranched alkanes of at least 4 members (excludes halogenated alkanes) is 13. The van der Waals surface area contributed by atoms with Gasteiger partial charge >= 0.3 is 5.97 Å². The highest BCUT2D eigenvalue weighted by Crippen LogP contribution is 2.30. The summed E-state index contributed by atoms with van der Waals surface area (Å²) in [7, 11) is 0. The van der Waals surface area contributed by atoms with Crippen LogP contribution in [0, 0.1) is 11.3 Å². The van der Waals surface area contributed by atoms with Crippen molar-refractivity contribution in [2.24, 2.45) is 11.3 Å². The van der Waals surface area contributed by atoms with Gasteiger partial charge in [0.2, 0.25) is 0 Å². The van der Waals surface area contributed by atoms with E-state index in [1.807, 2.05) is 20.8 Å². The molecule has 0 spiro atoms. The van der Waals surface area contributed by atoms with E-state index in [2.05, 4.69) is 6.92 Å². The monoisotopic (exact) mass is 340 g/mol. The van der Waals surface area contributed by atoms with Crippen LogP contribution in [-0.2, 0) is 4.79 Å². The van der Waals surface area contributed by atoms with Crippen LogP contribution in [0.25, 0.3) is 0 Å². The minimum Gasteiger partial charge on any atom is -0.481 e. The molecule has 1 atom stereocenters. The highest BCUT2D eigenvalue weighted by Gasteiger charge is 2.30. The zero-order valence-corrected chi connectivity index (χ0v) is 17.0. The zero-order valence-electron chi connectivity index (χ0n) is 17.0. The summed E-state index contributed by atoms with van der Waals surface area (Å²) in [6.07, 6.45) is 19.7. The van der Waals surface area contributed by atoms with Gasteiger partial charge in [0.05, 0.1) is 5.92 Å². The maximum absolute atomic E-state index is 11.3. The van der Waals surface area contributed by atoms with E-state index in [9.17, 15) is 9.90 Å². The fourth-order valence-corrected chi connectivity index (χ4v) is 3.47. The zero-order chi connectivity index (χ0) is 18.3. The van der Waals surface area contributed by atoms with Crippen LogP contribution in [0.4, 0.5) is 0 Å². The summed E-state index contributed by atoms with van der Waals surface area (Å²) in [6.45, 7) is 8.38. The minimum absolute atomic E-state index is 0.123. The Balaban J connectivity index is 3.35. The van der Waals surface area contributed by atoms with Crippen LogP contribution in [0.3, 0.4) is 0 Å². The molecule has 0 aliphatic heterocycles. The average molecular weight is 341 g/mol. The van der Waals surface area contributed by atoms with Crippen LogP contribution in [0.5, 0.6) is 0 Å². The molecule has 0 fully saturated rings. The van der Waals surface area contributed by atoms with Crippen molar-refractivity contribution in [3.05, 3.63) is 0 Å². The Bertz CT molecular complexity index is 291. The normalized spacial score (nSPS) is 13.2. The van der Waals surface area contributed by atoms with E-state index in [4.69, 9.17) is 0 Å². The van der Waals surface area contributed by atoms with Gasteiger partial charge in [0.15, 0.2) is 0 Å². The summed E-state index contributed by atoms with van der Waals surface area (Å²) < 4.78 is 0. The fourth-order valence-electron chi connectivity index (χ4n) is 3.47. The van der Waals surface area contributed by atoms with E-state index in [-0.39, 0.29) is 11.3 Å². The Morgan fingerprint density at radius 3 is 1.33 bits per heavy atom. The molecule has 0 aromatic rings. The van der Waals surface area contributed by atoms with Crippen molar-refractivity contribution in [2.75, 3.05) is 0 Å². The fraction of sp³-hybridized carbons (Fsp3) is 0.955. The number of hydrogen-bond donors (Lipinski definition) is 1. The second kappa shape index (κ2) is 14.8. The Morgan fingerprint density at radius 1 is 0.708 bits per heavy atom. The highest BCUT2D eigenvalue weighted by molar-refractivity contribution is 5.70. The van der Waals surface area contributed by atoms with Crippen LogP contribution in [-0.4, -0.2) is 11.1 Å². The number of rotatable bonds is 16. The summed E-state index contributed by atoms with van der Waals surface area (Å²) in [4.78, 5) is 11.3. The molecule has 2 heteroatoms. The van der Waals surface area contributed by atoms with Crippen LogP contribution in [0.2, 0.25) is 0 Å². The Kier molecular flexibility index (Phi) is 14.5. The molecule has 144 valence electrons. The molecule has 0 saturated carbocycles. The molecule has 0 radical (unpaired) electrons. The third-order valence-electron chi connectivity index (χ3n) is 5.19. The second-order valence-electron chi connectivity index (χ2n) is 8.64. The molecule has 0 saturated heterocycles. The summed E-state index contributed by atoms with van der Waals surface area (Å²) in [5.41, 5.74) is -0.123. The van der Waals surface area contributed by atoms with Crippen molar-refractivity contribution >= 4 is 5.97 Å². The quantitative estimate of drug-likeness (QED) is 0.294. The lowest BCUT2D eigenvalue weighted by atomic mass is 9.78. The van der Waals surface area contributed by atoms with Gasteiger partial charge in [-0.25, -0.2) is 0 Å². The molecule has 0 aliphatic carbocycles. The maximum atomic E-state index is 11.3. The van der Waals surface area contributed by atoms with E-state index in [0.29, 0.717) is 0 Å². The molecule has 0 bridgehead atoms. The largest absolute Gasteiger partial charge is 0.481 e. The van der Waals surface area contributed by atoms with Gasteiger partial charge in [-0.15, -0.1) is 0 Å². The van der Waals surface area contributed by atoms with Crippen molar-refractivity contribution < 1.29 is 9.90 Å². The average Bonchev–Trinajstić information content (AvgIpc) is 2.49. The van der Waals surface area contributed by atoms with Gasteiger partial charge in [-0.1, -0.05) is 118 Å². The van der Waals surface area contributed by atoms with Gasteiger partial charge < -0.3 is 5.11 Å². The van der Waals surface area contributed by atoms with Crippen molar-refractivity contribution in [1.82, 2.24) is 0 Å². The molecule has 1 unspecified atom stereocenters. The number of carbonyl (C=O) groups is 1. The highest BCUT2D eigenvalue weighted by atomic mass is 16.4. The Hall–Kier alpha value is -0.530. The molecule has 0 rings (SSSR count). The Labute approximate surface area is 151 Å². The predicted octanol–water partition coefficient (Wildman–Crippen LogP) is 7.60. The molecule has 0 aromatic heterocycles. The van der Waals surface area contributed by atoms with Gasteiger partial charge in [-0.2, -0.15) is 0 Å². The lowest BCUT2D eigenvalue weighted by molar-refractivity contribution is -0.145. The topological polar surface area (TPSA) is 37.3 Å². The molecule has 24 heavy (non-hydrogen) atoms. The smallest absolute Gasteiger partial charge is 0.307 e. The second-order valence-corrected chi connectivity index (χ2v) is 8.64. The van der Waals surface area contributed by atoms with Gasteiger partial charge in [0.1, 0.15) is 0 Å². The van der Waals surface area contributed by atoms with E-state index in [1.54, 1.807) is 0 Å². The van der Waals surface area contributed by atoms with Gasteiger partial charge in [0, 0.05) is 0 Å². The van der Waals surface area contributed by atoms with Crippen LogP contribution in [0.15, 0.2) is 0 Å². The predicted molar refractivity (Wildman–Crippen MR) is 106 cm³/mol. The lowest BCUT2D eigenvalue weighted by Gasteiger charge is -2.26. The van der Waals surface area contributed by atoms with Crippen LogP contribution in [0.1, 0.15) is 124 Å². The van der Waals surface area contributed by atoms with E-state index >= 15 is 0 Å². The number of hydrogen-bond acceptors (Lipinski definition) is 1. The van der Waals surface area contributed by atoms with E-state index < -0.39 is 5.97 Å². The first-order valence-electron chi connectivity index (χ1n) is 10.6.